The first-order valence-corrected chi connectivity index (χ1v) is 6.22. The van der Waals surface area contributed by atoms with Crippen LogP contribution in [-0.2, 0) is 13.1 Å². The van der Waals surface area contributed by atoms with E-state index >= 15 is 0 Å². The Labute approximate surface area is 97.7 Å². The van der Waals surface area contributed by atoms with Crippen LogP contribution in [0.2, 0.25) is 0 Å². The molecule has 2 rings (SSSR count). The zero-order valence-corrected chi connectivity index (χ0v) is 10.3. The van der Waals surface area contributed by atoms with E-state index in [9.17, 15) is 0 Å². The summed E-state index contributed by atoms with van der Waals surface area (Å²) >= 11 is 0. The minimum atomic E-state index is 0.710. The van der Waals surface area contributed by atoms with Gasteiger partial charge in [0.05, 0.1) is 6.54 Å². The highest BCUT2D eigenvalue weighted by molar-refractivity contribution is 4.95. The number of rotatable bonds is 5. The molecule has 0 aliphatic carbocycles. The maximum Gasteiger partial charge on any atom is 0.122 e. The first-order chi connectivity index (χ1) is 7.79. The Morgan fingerprint density at radius 2 is 2.38 bits per heavy atom. The average Bonchev–Trinajstić information content (AvgIpc) is 2.73. The van der Waals surface area contributed by atoms with Gasteiger partial charge in [0, 0.05) is 32.0 Å². The van der Waals surface area contributed by atoms with E-state index in [2.05, 4.69) is 39.8 Å². The van der Waals surface area contributed by atoms with E-state index in [0.717, 1.165) is 32.7 Å². The van der Waals surface area contributed by atoms with E-state index in [1.807, 2.05) is 6.20 Å². The van der Waals surface area contributed by atoms with Gasteiger partial charge >= 0.3 is 0 Å². The summed E-state index contributed by atoms with van der Waals surface area (Å²) in [5.41, 5.74) is 0. The number of hydrogen-bond acceptors (Lipinski definition) is 3. The molecule has 4 heteroatoms. The first-order valence-electron chi connectivity index (χ1n) is 6.22. The molecule has 4 nitrogen and oxygen atoms in total. The van der Waals surface area contributed by atoms with Crippen LogP contribution < -0.4 is 5.32 Å². The van der Waals surface area contributed by atoms with E-state index in [1.165, 1.54) is 12.4 Å². The fourth-order valence-corrected chi connectivity index (χ4v) is 2.28. The van der Waals surface area contributed by atoms with Gasteiger partial charge in [-0.25, -0.2) is 4.98 Å². The van der Waals surface area contributed by atoms with Crippen molar-refractivity contribution in [3.05, 3.63) is 18.2 Å². The molecule has 1 atom stereocenters. The third-order valence-electron chi connectivity index (χ3n) is 3.14. The molecular weight excluding hydrogens is 200 g/mol. The molecule has 1 aliphatic heterocycles. The van der Waals surface area contributed by atoms with Gasteiger partial charge in [-0.05, 0) is 19.0 Å². The quantitative estimate of drug-likeness (QED) is 0.805. The van der Waals surface area contributed by atoms with Crippen molar-refractivity contribution in [3.8, 4) is 0 Å². The van der Waals surface area contributed by atoms with Crippen molar-refractivity contribution in [1.82, 2.24) is 19.8 Å². The lowest BCUT2D eigenvalue weighted by atomic mass is 10.1. The lowest BCUT2D eigenvalue weighted by molar-refractivity contribution is 0.188. The highest BCUT2D eigenvalue weighted by atomic mass is 15.2. The van der Waals surface area contributed by atoms with E-state index in [-0.39, 0.29) is 0 Å². The Morgan fingerprint density at radius 3 is 3.19 bits per heavy atom. The number of nitrogens with zero attached hydrogens (tertiary/aromatic N) is 3. The number of nitrogens with one attached hydrogen (secondary N) is 1. The third kappa shape index (κ3) is 2.83. The number of fused-ring (bicyclic) bond motifs is 1. The summed E-state index contributed by atoms with van der Waals surface area (Å²) in [7, 11) is 0. The van der Waals surface area contributed by atoms with Gasteiger partial charge in [0.15, 0.2) is 0 Å². The maximum absolute atomic E-state index is 4.38. The molecule has 0 saturated heterocycles. The minimum absolute atomic E-state index is 0.710. The molecule has 0 aromatic carbocycles. The predicted molar refractivity (Wildman–Crippen MR) is 65.2 cm³/mol. The molecule has 0 fully saturated rings. The maximum atomic E-state index is 4.38. The van der Waals surface area contributed by atoms with Gasteiger partial charge in [0.25, 0.3) is 0 Å². The molecule has 0 amide bonds. The smallest absolute Gasteiger partial charge is 0.122 e. The SMILES string of the molecule is CCNCC(C)CN1CCn2ccnc2C1. The molecule has 1 aromatic rings. The van der Waals surface area contributed by atoms with E-state index < -0.39 is 0 Å². The largest absolute Gasteiger partial charge is 0.333 e. The summed E-state index contributed by atoms with van der Waals surface area (Å²) in [4.78, 5) is 6.89. The molecule has 0 bridgehead atoms. The third-order valence-corrected chi connectivity index (χ3v) is 3.14. The predicted octanol–water partition coefficient (Wildman–Crippen LogP) is 0.944. The highest BCUT2D eigenvalue weighted by Gasteiger charge is 2.17. The Bertz CT molecular complexity index is 321. The van der Waals surface area contributed by atoms with E-state index in [1.54, 1.807) is 0 Å². The summed E-state index contributed by atoms with van der Waals surface area (Å²) in [5, 5.41) is 3.40. The first kappa shape index (κ1) is 11.6. The van der Waals surface area contributed by atoms with E-state index in [0.29, 0.717) is 5.92 Å². The van der Waals surface area contributed by atoms with Crippen molar-refractivity contribution in [3.63, 3.8) is 0 Å². The zero-order chi connectivity index (χ0) is 11.4. The minimum Gasteiger partial charge on any atom is -0.333 e. The molecule has 0 radical (unpaired) electrons. The Balaban J connectivity index is 1.80. The molecule has 16 heavy (non-hydrogen) atoms. The van der Waals surface area contributed by atoms with Crippen LogP contribution in [-0.4, -0.2) is 40.6 Å². The molecule has 0 spiro atoms. The topological polar surface area (TPSA) is 33.1 Å². The Hall–Kier alpha value is -0.870. The lowest BCUT2D eigenvalue weighted by Gasteiger charge is -2.29. The van der Waals surface area contributed by atoms with Crippen molar-refractivity contribution in [2.75, 3.05) is 26.2 Å². The average molecular weight is 222 g/mol. The van der Waals surface area contributed by atoms with Crippen molar-refractivity contribution >= 4 is 0 Å². The van der Waals surface area contributed by atoms with Crippen LogP contribution in [0.4, 0.5) is 0 Å². The fourth-order valence-electron chi connectivity index (χ4n) is 2.28. The summed E-state index contributed by atoms with van der Waals surface area (Å²) in [6, 6.07) is 0. The number of imidazole rings is 1. The van der Waals surface area contributed by atoms with Crippen LogP contribution in [0.5, 0.6) is 0 Å². The monoisotopic (exact) mass is 222 g/mol. The molecule has 1 aromatic heterocycles. The van der Waals surface area contributed by atoms with Crippen molar-refractivity contribution in [1.29, 1.82) is 0 Å². The molecule has 90 valence electrons. The molecule has 2 heterocycles. The molecule has 1 unspecified atom stereocenters. The lowest BCUT2D eigenvalue weighted by Crippen LogP contribution is -2.38. The Morgan fingerprint density at radius 1 is 1.50 bits per heavy atom. The normalized spacial score (nSPS) is 18.4. The standard InChI is InChI=1S/C12H22N4/c1-3-13-8-11(2)9-15-6-7-16-5-4-14-12(16)10-15/h4-5,11,13H,3,6-10H2,1-2H3. The van der Waals surface area contributed by atoms with Crippen LogP contribution in [0.1, 0.15) is 19.7 Å². The van der Waals surface area contributed by atoms with Crippen LogP contribution in [0.15, 0.2) is 12.4 Å². The number of hydrogen-bond donors (Lipinski definition) is 1. The second kappa shape index (κ2) is 5.46. The van der Waals surface area contributed by atoms with Gasteiger partial charge in [-0.1, -0.05) is 13.8 Å². The Kier molecular flexibility index (Phi) is 3.96. The fraction of sp³-hybridized carbons (Fsp3) is 0.750. The van der Waals surface area contributed by atoms with Gasteiger partial charge < -0.3 is 9.88 Å². The molecular formula is C12H22N4. The second-order valence-corrected chi connectivity index (χ2v) is 4.68. The number of aromatic nitrogens is 2. The summed E-state index contributed by atoms with van der Waals surface area (Å²) < 4.78 is 2.26. The highest BCUT2D eigenvalue weighted by Crippen LogP contribution is 2.11. The van der Waals surface area contributed by atoms with Gasteiger partial charge in [-0.15, -0.1) is 0 Å². The second-order valence-electron chi connectivity index (χ2n) is 4.68. The van der Waals surface area contributed by atoms with Crippen molar-refractivity contribution < 1.29 is 0 Å². The van der Waals surface area contributed by atoms with Gasteiger partial charge in [0.1, 0.15) is 5.82 Å². The summed E-state index contributed by atoms with van der Waals surface area (Å²) in [6.07, 6.45) is 3.98. The van der Waals surface area contributed by atoms with Crippen molar-refractivity contribution in [2.24, 2.45) is 5.92 Å². The van der Waals surface area contributed by atoms with Gasteiger partial charge in [-0.2, -0.15) is 0 Å². The summed E-state index contributed by atoms with van der Waals surface area (Å²) in [5.74, 6) is 1.92. The van der Waals surface area contributed by atoms with Gasteiger partial charge in [-0.3, -0.25) is 4.90 Å². The van der Waals surface area contributed by atoms with Crippen LogP contribution in [0.25, 0.3) is 0 Å². The van der Waals surface area contributed by atoms with Gasteiger partial charge in [0.2, 0.25) is 0 Å². The van der Waals surface area contributed by atoms with Crippen LogP contribution in [0, 0.1) is 5.92 Å². The molecule has 0 saturated carbocycles. The summed E-state index contributed by atoms with van der Waals surface area (Å²) in [6.45, 7) is 11.1. The molecule has 1 N–H and O–H groups in total. The van der Waals surface area contributed by atoms with Crippen LogP contribution >= 0.6 is 0 Å². The van der Waals surface area contributed by atoms with Crippen LogP contribution in [0.3, 0.4) is 0 Å². The van der Waals surface area contributed by atoms with E-state index in [4.69, 9.17) is 0 Å². The van der Waals surface area contributed by atoms with Crippen molar-refractivity contribution in [2.45, 2.75) is 26.9 Å². The zero-order valence-electron chi connectivity index (χ0n) is 10.3. The molecule has 1 aliphatic rings.